The number of carbonyl (C=O) groups is 1. The van der Waals surface area contributed by atoms with Crippen molar-refractivity contribution in [3.63, 3.8) is 0 Å². The normalized spacial score (nSPS) is 15.8. The van der Waals surface area contributed by atoms with Crippen molar-refractivity contribution in [2.75, 3.05) is 42.9 Å². The Hall–Kier alpha value is -1.63. The molecule has 0 aliphatic carbocycles. The van der Waals surface area contributed by atoms with Crippen molar-refractivity contribution in [1.29, 1.82) is 0 Å². The molecule has 1 aromatic heterocycles. The zero-order valence-corrected chi connectivity index (χ0v) is 13.7. The molecule has 0 radical (unpaired) electrons. The fraction of sp³-hybridized carbons (Fsp3) is 0.333. The minimum atomic E-state index is 0.0288. The van der Waals surface area contributed by atoms with E-state index >= 15 is 0 Å². The molecular formula is C15H18ClN4OS+. The first-order valence-electron chi connectivity index (χ1n) is 7.24. The summed E-state index contributed by atoms with van der Waals surface area (Å²) in [6.45, 7) is 4.24. The molecule has 1 amide bonds. The van der Waals surface area contributed by atoms with Crippen molar-refractivity contribution in [3.8, 4) is 0 Å². The highest BCUT2D eigenvalue weighted by molar-refractivity contribution is 7.13. The fourth-order valence-electron chi connectivity index (χ4n) is 2.61. The number of aromatic nitrogens is 1. The lowest BCUT2D eigenvalue weighted by atomic mass is 10.2. The highest BCUT2D eigenvalue weighted by atomic mass is 35.5. The number of benzene rings is 1. The summed E-state index contributed by atoms with van der Waals surface area (Å²) in [7, 11) is 0. The van der Waals surface area contributed by atoms with Gasteiger partial charge >= 0.3 is 0 Å². The number of nitrogens with one attached hydrogen (secondary N) is 2. The van der Waals surface area contributed by atoms with Gasteiger partial charge in [0.25, 0.3) is 5.91 Å². The van der Waals surface area contributed by atoms with Crippen molar-refractivity contribution in [2.24, 2.45) is 0 Å². The largest absolute Gasteiger partial charge is 0.360 e. The highest BCUT2D eigenvalue weighted by Crippen LogP contribution is 2.19. The number of carbonyl (C=O) groups excluding carboxylic acids is 1. The third kappa shape index (κ3) is 3.97. The molecule has 1 saturated heterocycles. The van der Waals surface area contributed by atoms with Crippen LogP contribution in [0.25, 0.3) is 0 Å². The van der Waals surface area contributed by atoms with E-state index in [4.69, 9.17) is 11.6 Å². The first-order valence-corrected chi connectivity index (χ1v) is 8.50. The van der Waals surface area contributed by atoms with Gasteiger partial charge < -0.3 is 9.80 Å². The number of quaternary nitrogens is 1. The van der Waals surface area contributed by atoms with E-state index in [0.717, 1.165) is 36.9 Å². The smallest absolute Gasteiger partial charge is 0.281 e. The van der Waals surface area contributed by atoms with Crippen molar-refractivity contribution in [3.05, 3.63) is 40.9 Å². The van der Waals surface area contributed by atoms with Gasteiger partial charge in [-0.3, -0.25) is 10.1 Å². The number of hydrogen-bond donors (Lipinski definition) is 2. The second kappa shape index (κ2) is 7.09. The van der Waals surface area contributed by atoms with Gasteiger partial charge in [-0.2, -0.15) is 0 Å². The Labute approximate surface area is 138 Å². The molecule has 0 saturated carbocycles. The molecule has 5 nitrogen and oxygen atoms in total. The number of hydrogen-bond acceptors (Lipinski definition) is 4. The van der Waals surface area contributed by atoms with Gasteiger partial charge in [-0.25, -0.2) is 4.98 Å². The second-order valence-corrected chi connectivity index (χ2v) is 6.61. The Kier molecular flexibility index (Phi) is 4.92. The predicted molar refractivity (Wildman–Crippen MR) is 90.0 cm³/mol. The summed E-state index contributed by atoms with van der Waals surface area (Å²) in [5.41, 5.74) is 1.15. The Balaban J connectivity index is 1.48. The molecule has 7 heteroatoms. The first-order chi connectivity index (χ1) is 10.7. The maximum atomic E-state index is 12.0. The van der Waals surface area contributed by atoms with E-state index in [0.29, 0.717) is 11.7 Å². The van der Waals surface area contributed by atoms with Crippen molar-refractivity contribution < 1.29 is 9.69 Å². The third-order valence-corrected chi connectivity index (χ3v) is 4.66. The third-order valence-electron chi connectivity index (χ3n) is 3.73. The van der Waals surface area contributed by atoms with E-state index in [-0.39, 0.29) is 5.91 Å². The molecule has 0 unspecified atom stereocenters. The summed E-state index contributed by atoms with van der Waals surface area (Å²) in [6.07, 6.45) is 1.69. The molecule has 2 N–H and O–H groups in total. The SMILES string of the molecule is O=C(C[NH+]1CCN(c2cccc(Cl)c2)CC1)Nc1nccs1. The van der Waals surface area contributed by atoms with Crippen LogP contribution in [-0.4, -0.2) is 43.6 Å². The molecule has 1 aromatic carbocycles. The van der Waals surface area contributed by atoms with Gasteiger partial charge in [-0.15, -0.1) is 11.3 Å². The van der Waals surface area contributed by atoms with Crippen LogP contribution in [0, 0.1) is 0 Å². The maximum absolute atomic E-state index is 12.0. The van der Waals surface area contributed by atoms with E-state index < -0.39 is 0 Å². The first kappa shape index (κ1) is 15.3. The summed E-state index contributed by atoms with van der Waals surface area (Å²) in [5.74, 6) is 0.0288. The summed E-state index contributed by atoms with van der Waals surface area (Å²) >= 11 is 7.48. The average molecular weight is 338 g/mol. The molecule has 0 atom stereocenters. The topological polar surface area (TPSA) is 49.7 Å². The highest BCUT2D eigenvalue weighted by Gasteiger charge is 2.22. The van der Waals surface area contributed by atoms with Crippen molar-refractivity contribution in [1.82, 2.24) is 4.98 Å². The lowest BCUT2D eigenvalue weighted by molar-refractivity contribution is -0.892. The molecule has 0 bridgehead atoms. The minimum Gasteiger partial charge on any atom is -0.360 e. The van der Waals surface area contributed by atoms with Crippen molar-refractivity contribution >= 4 is 39.7 Å². The van der Waals surface area contributed by atoms with Gasteiger partial charge in [-0.1, -0.05) is 17.7 Å². The predicted octanol–water partition coefficient (Wildman–Crippen LogP) is 1.14. The number of halogens is 1. The number of thiazole rings is 1. The molecule has 1 fully saturated rings. The molecule has 3 rings (SSSR count). The summed E-state index contributed by atoms with van der Waals surface area (Å²) in [5, 5.41) is 6.12. The minimum absolute atomic E-state index is 0.0288. The van der Waals surface area contributed by atoms with Crippen LogP contribution < -0.4 is 15.1 Å². The number of amides is 1. The Morgan fingerprint density at radius 2 is 2.23 bits per heavy atom. The number of rotatable bonds is 4. The monoisotopic (exact) mass is 337 g/mol. The summed E-state index contributed by atoms with van der Waals surface area (Å²) in [6, 6.07) is 7.92. The maximum Gasteiger partial charge on any atom is 0.281 e. The van der Waals surface area contributed by atoms with Gasteiger partial charge in [0.15, 0.2) is 11.7 Å². The van der Waals surface area contributed by atoms with Crippen LogP contribution in [0.3, 0.4) is 0 Å². The van der Waals surface area contributed by atoms with Crippen LogP contribution in [0.2, 0.25) is 5.02 Å². The standard InChI is InChI=1S/C15H17ClN4OS/c16-12-2-1-3-13(10-12)20-7-5-19(6-8-20)11-14(21)18-15-17-4-9-22-15/h1-4,9-10H,5-8,11H2,(H,17,18,21)/p+1. The average Bonchev–Trinajstić information content (AvgIpc) is 3.01. The number of anilines is 2. The Morgan fingerprint density at radius 1 is 1.41 bits per heavy atom. The van der Waals surface area contributed by atoms with Gasteiger partial charge in [0.05, 0.1) is 26.2 Å². The van der Waals surface area contributed by atoms with Crippen LogP contribution >= 0.6 is 22.9 Å². The van der Waals surface area contributed by atoms with Crippen LogP contribution in [0.15, 0.2) is 35.8 Å². The molecule has 1 aliphatic heterocycles. The number of piperazine rings is 1. The quantitative estimate of drug-likeness (QED) is 0.879. The van der Waals surface area contributed by atoms with E-state index in [1.54, 1.807) is 6.20 Å². The molecule has 116 valence electrons. The van der Waals surface area contributed by atoms with Crippen molar-refractivity contribution in [2.45, 2.75) is 0 Å². The zero-order valence-electron chi connectivity index (χ0n) is 12.1. The van der Waals surface area contributed by atoms with E-state index in [9.17, 15) is 4.79 Å². The molecule has 2 aromatic rings. The van der Waals surface area contributed by atoms with Crippen LogP contribution in [0.1, 0.15) is 0 Å². The summed E-state index contributed by atoms with van der Waals surface area (Å²) in [4.78, 5) is 19.7. The zero-order chi connectivity index (χ0) is 15.4. The molecule has 1 aliphatic rings. The Bertz CT molecular complexity index is 626. The van der Waals surface area contributed by atoms with Crippen LogP contribution in [0.5, 0.6) is 0 Å². The number of nitrogens with zero attached hydrogens (tertiary/aromatic N) is 2. The van der Waals surface area contributed by atoms with Gasteiger partial charge in [0.2, 0.25) is 0 Å². The molecule has 22 heavy (non-hydrogen) atoms. The van der Waals surface area contributed by atoms with E-state index in [2.05, 4.69) is 21.3 Å². The van der Waals surface area contributed by atoms with E-state index in [1.807, 2.05) is 23.6 Å². The summed E-state index contributed by atoms with van der Waals surface area (Å²) < 4.78 is 0. The van der Waals surface area contributed by atoms with Crippen LogP contribution in [-0.2, 0) is 4.79 Å². The van der Waals surface area contributed by atoms with Gasteiger partial charge in [0, 0.05) is 22.3 Å². The van der Waals surface area contributed by atoms with Gasteiger partial charge in [0.1, 0.15) is 0 Å². The lowest BCUT2D eigenvalue weighted by Crippen LogP contribution is -3.15. The Morgan fingerprint density at radius 3 is 2.91 bits per heavy atom. The molecular weight excluding hydrogens is 320 g/mol. The molecule has 0 spiro atoms. The second-order valence-electron chi connectivity index (χ2n) is 5.28. The fourth-order valence-corrected chi connectivity index (χ4v) is 3.34. The van der Waals surface area contributed by atoms with Gasteiger partial charge in [-0.05, 0) is 18.2 Å². The molecule has 2 heterocycles. The van der Waals surface area contributed by atoms with Crippen LogP contribution in [0.4, 0.5) is 10.8 Å². The lowest BCUT2D eigenvalue weighted by Gasteiger charge is -2.33. The van der Waals surface area contributed by atoms with E-state index in [1.165, 1.54) is 16.2 Å².